The second-order valence-corrected chi connectivity index (χ2v) is 10.6. The molecule has 3 aromatic carbocycles. The number of nitrogens with zero attached hydrogens (tertiary/aromatic N) is 2. The molecule has 0 aliphatic rings. The van der Waals surface area contributed by atoms with Crippen LogP contribution >= 0.6 is 0 Å². The van der Waals surface area contributed by atoms with Crippen LogP contribution in [0, 0.1) is 12.7 Å². The van der Waals surface area contributed by atoms with Crippen molar-refractivity contribution in [2.45, 2.75) is 38.3 Å². The van der Waals surface area contributed by atoms with Gasteiger partial charge in [0.1, 0.15) is 24.2 Å². The normalized spacial score (nSPS) is 11.9. The monoisotopic (exact) mass is 541 g/mol. The Balaban J connectivity index is 2.00. The fourth-order valence-corrected chi connectivity index (χ4v) is 5.23. The summed E-state index contributed by atoms with van der Waals surface area (Å²) in [5.74, 6) is -1.04. The van der Waals surface area contributed by atoms with Crippen LogP contribution in [0.25, 0.3) is 0 Å². The van der Waals surface area contributed by atoms with Crippen molar-refractivity contribution in [2.75, 3.05) is 24.5 Å². The van der Waals surface area contributed by atoms with E-state index >= 15 is 0 Å². The van der Waals surface area contributed by atoms with Crippen LogP contribution in [0.4, 0.5) is 10.1 Å². The van der Waals surface area contributed by atoms with Gasteiger partial charge in [0, 0.05) is 13.6 Å². The number of hydrogen-bond acceptors (Lipinski definition) is 5. The van der Waals surface area contributed by atoms with Gasteiger partial charge >= 0.3 is 0 Å². The van der Waals surface area contributed by atoms with Crippen LogP contribution in [-0.4, -0.2) is 51.4 Å². The number of ether oxygens (including phenoxy) is 1. The van der Waals surface area contributed by atoms with Crippen molar-refractivity contribution in [1.29, 1.82) is 0 Å². The molecule has 38 heavy (non-hydrogen) atoms. The Hall–Kier alpha value is -3.92. The van der Waals surface area contributed by atoms with Gasteiger partial charge in [-0.05, 0) is 74.9 Å². The molecule has 3 rings (SSSR count). The Labute approximate surface area is 223 Å². The quantitative estimate of drug-likeness (QED) is 0.397. The molecule has 0 spiro atoms. The Kier molecular flexibility index (Phi) is 9.46. The van der Waals surface area contributed by atoms with E-state index in [9.17, 15) is 22.4 Å². The zero-order chi connectivity index (χ0) is 27.9. The third-order valence-electron chi connectivity index (χ3n) is 6.00. The number of hydrogen-bond donors (Lipinski definition) is 1. The van der Waals surface area contributed by atoms with Crippen LogP contribution in [0.15, 0.2) is 77.7 Å². The molecule has 0 radical (unpaired) electrons. The molecule has 0 aromatic heterocycles. The van der Waals surface area contributed by atoms with Crippen LogP contribution < -0.4 is 14.4 Å². The van der Waals surface area contributed by atoms with E-state index < -0.39 is 40.2 Å². The molecule has 0 aliphatic carbocycles. The van der Waals surface area contributed by atoms with Crippen molar-refractivity contribution in [3.05, 3.63) is 89.7 Å². The molecule has 202 valence electrons. The van der Waals surface area contributed by atoms with Gasteiger partial charge in [-0.3, -0.25) is 13.9 Å². The van der Waals surface area contributed by atoms with Gasteiger partial charge in [-0.15, -0.1) is 0 Å². The number of anilines is 1. The molecule has 1 N–H and O–H groups in total. The highest BCUT2D eigenvalue weighted by Crippen LogP contribution is 2.26. The highest BCUT2D eigenvalue weighted by atomic mass is 32.2. The van der Waals surface area contributed by atoms with Gasteiger partial charge in [-0.25, -0.2) is 12.8 Å². The zero-order valence-electron chi connectivity index (χ0n) is 21.8. The number of nitrogens with one attached hydrogen (secondary N) is 1. The Morgan fingerprint density at radius 3 is 2.13 bits per heavy atom. The minimum atomic E-state index is -4.25. The second-order valence-electron chi connectivity index (χ2n) is 8.69. The van der Waals surface area contributed by atoms with Gasteiger partial charge in [0.15, 0.2) is 0 Å². The maximum Gasteiger partial charge on any atom is 0.264 e. The van der Waals surface area contributed by atoms with E-state index in [1.807, 2.05) is 38.1 Å². The topological polar surface area (TPSA) is 96.0 Å². The summed E-state index contributed by atoms with van der Waals surface area (Å²) in [6.45, 7) is 5.24. The number of sulfonamides is 1. The average Bonchev–Trinajstić information content (AvgIpc) is 2.91. The van der Waals surface area contributed by atoms with Crippen molar-refractivity contribution in [2.24, 2.45) is 0 Å². The molecule has 0 saturated heterocycles. The van der Waals surface area contributed by atoms with E-state index in [2.05, 4.69) is 5.32 Å². The Bertz CT molecular complexity index is 1340. The molecule has 10 heteroatoms. The third-order valence-corrected chi connectivity index (χ3v) is 7.79. The maximum absolute atomic E-state index is 13.7. The molecule has 1 atom stereocenters. The van der Waals surface area contributed by atoms with Gasteiger partial charge in [0.2, 0.25) is 11.8 Å². The first-order valence-corrected chi connectivity index (χ1v) is 13.6. The van der Waals surface area contributed by atoms with Gasteiger partial charge in [0.05, 0.1) is 17.2 Å². The SMILES string of the molecule is CCOc1ccc(S(=O)(=O)N(CC(=O)N(Cc2ccc(C)cc2)C(C)C(=O)NC)c2ccc(F)cc2)cc1. The summed E-state index contributed by atoms with van der Waals surface area (Å²) >= 11 is 0. The fraction of sp³-hybridized carbons (Fsp3) is 0.286. The third kappa shape index (κ3) is 6.89. The minimum Gasteiger partial charge on any atom is -0.494 e. The molecule has 0 bridgehead atoms. The van der Waals surface area contributed by atoms with E-state index in [-0.39, 0.29) is 17.1 Å². The van der Waals surface area contributed by atoms with Crippen molar-refractivity contribution in [1.82, 2.24) is 10.2 Å². The standard InChI is InChI=1S/C28H32FN3O5S/c1-5-37-25-14-16-26(17-15-25)38(35,36)32(24-12-10-23(29)11-13-24)19-27(33)31(21(3)28(34)30-4)18-22-8-6-20(2)7-9-22/h6-17,21H,5,18-19H2,1-4H3,(H,30,34). The van der Waals surface area contributed by atoms with E-state index in [1.165, 1.54) is 48.3 Å². The highest BCUT2D eigenvalue weighted by molar-refractivity contribution is 7.92. The predicted octanol–water partition coefficient (Wildman–Crippen LogP) is 3.89. The van der Waals surface area contributed by atoms with Gasteiger partial charge in [-0.1, -0.05) is 29.8 Å². The van der Waals surface area contributed by atoms with Crippen LogP contribution in [0.3, 0.4) is 0 Å². The van der Waals surface area contributed by atoms with Crippen LogP contribution in [-0.2, 0) is 26.2 Å². The van der Waals surface area contributed by atoms with Crippen LogP contribution in [0.1, 0.15) is 25.0 Å². The van der Waals surface area contributed by atoms with Gasteiger partial charge < -0.3 is 15.0 Å². The maximum atomic E-state index is 13.7. The number of aryl methyl sites for hydroxylation is 1. The molecule has 0 fully saturated rings. The Morgan fingerprint density at radius 1 is 0.974 bits per heavy atom. The fourth-order valence-electron chi connectivity index (χ4n) is 3.82. The van der Waals surface area contributed by atoms with E-state index in [4.69, 9.17) is 4.74 Å². The summed E-state index contributed by atoms with van der Waals surface area (Å²) < 4.78 is 47.5. The molecule has 0 heterocycles. The van der Waals surface area contributed by atoms with Crippen molar-refractivity contribution >= 4 is 27.5 Å². The Morgan fingerprint density at radius 2 is 1.58 bits per heavy atom. The summed E-state index contributed by atoms with van der Waals surface area (Å²) in [5.41, 5.74) is 1.92. The minimum absolute atomic E-state index is 0.0671. The number of rotatable bonds is 11. The molecule has 0 saturated carbocycles. The highest BCUT2D eigenvalue weighted by Gasteiger charge is 2.32. The largest absolute Gasteiger partial charge is 0.494 e. The lowest BCUT2D eigenvalue weighted by molar-refractivity contribution is -0.139. The average molecular weight is 542 g/mol. The second kappa shape index (κ2) is 12.6. The number of benzene rings is 3. The molecule has 2 amide bonds. The molecule has 1 unspecified atom stereocenters. The van der Waals surface area contributed by atoms with Gasteiger partial charge in [0.25, 0.3) is 10.0 Å². The summed E-state index contributed by atoms with van der Waals surface area (Å²) in [6.07, 6.45) is 0. The molecular weight excluding hydrogens is 509 g/mol. The number of halogens is 1. The van der Waals surface area contributed by atoms with E-state index in [1.54, 1.807) is 6.92 Å². The van der Waals surface area contributed by atoms with E-state index in [0.29, 0.717) is 12.4 Å². The van der Waals surface area contributed by atoms with Gasteiger partial charge in [-0.2, -0.15) is 0 Å². The summed E-state index contributed by atoms with van der Waals surface area (Å²) in [4.78, 5) is 27.5. The summed E-state index contributed by atoms with van der Waals surface area (Å²) in [7, 11) is -2.78. The first-order chi connectivity index (χ1) is 18.1. The number of amides is 2. The molecule has 8 nitrogen and oxygen atoms in total. The molecule has 0 aliphatic heterocycles. The summed E-state index contributed by atoms with van der Waals surface area (Å²) in [5, 5.41) is 2.54. The van der Waals surface area contributed by atoms with Crippen molar-refractivity contribution in [3.63, 3.8) is 0 Å². The number of carbonyl (C=O) groups is 2. The smallest absolute Gasteiger partial charge is 0.264 e. The molecular formula is C28H32FN3O5S. The zero-order valence-corrected chi connectivity index (χ0v) is 22.7. The van der Waals surface area contributed by atoms with Crippen molar-refractivity contribution < 1.29 is 27.1 Å². The van der Waals surface area contributed by atoms with Crippen LogP contribution in [0.2, 0.25) is 0 Å². The molecule has 3 aromatic rings. The number of likely N-dealkylation sites (N-methyl/N-ethyl adjacent to an activating group) is 1. The predicted molar refractivity (Wildman–Crippen MR) is 144 cm³/mol. The number of carbonyl (C=O) groups excluding carboxylic acids is 2. The van der Waals surface area contributed by atoms with Crippen LogP contribution in [0.5, 0.6) is 5.75 Å². The lowest BCUT2D eigenvalue weighted by Crippen LogP contribution is -2.50. The lowest BCUT2D eigenvalue weighted by Gasteiger charge is -2.31. The van der Waals surface area contributed by atoms with Crippen molar-refractivity contribution in [3.8, 4) is 5.75 Å². The lowest BCUT2D eigenvalue weighted by atomic mass is 10.1. The first-order valence-electron chi connectivity index (χ1n) is 12.1. The summed E-state index contributed by atoms with van der Waals surface area (Å²) in [6, 6.07) is 17.3. The van der Waals surface area contributed by atoms with E-state index in [0.717, 1.165) is 27.6 Å². The first kappa shape index (κ1) is 28.6.